The van der Waals surface area contributed by atoms with E-state index in [0.29, 0.717) is 0 Å². The van der Waals surface area contributed by atoms with Crippen LogP contribution in [0.25, 0.3) is 87.6 Å². The highest BCUT2D eigenvalue weighted by molar-refractivity contribution is 6.23. The van der Waals surface area contributed by atoms with Gasteiger partial charge in [0.15, 0.2) is 0 Å². The monoisotopic (exact) mass is 724 g/mol. The normalized spacial score (nSPS) is 17.1. The van der Waals surface area contributed by atoms with Crippen molar-refractivity contribution in [2.24, 2.45) is 0 Å². The zero-order chi connectivity index (χ0) is 37.7. The van der Waals surface area contributed by atoms with Crippen LogP contribution in [0.2, 0.25) is 0 Å². The van der Waals surface area contributed by atoms with Gasteiger partial charge in [-0.2, -0.15) is 0 Å². The quantitative estimate of drug-likeness (QED) is 0.162. The van der Waals surface area contributed by atoms with E-state index in [9.17, 15) is 0 Å². The van der Waals surface area contributed by atoms with Gasteiger partial charge in [0, 0.05) is 16.2 Å². The lowest BCUT2D eigenvalue weighted by Crippen LogP contribution is -2.30. The van der Waals surface area contributed by atoms with Crippen LogP contribution >= 0.6 is 0 Å². The van der Waals surface area contributed by atoms with Gasteiger partial charge in [-0.05, 0) is 119 Å². The summed E-state index contributed by atoms with van der Waals surface area (Å²) < 4.78 is 6.55. The number of allylic oxidation sites excluding steroid dienone is 5. The van der Waals surface area contributed by atoms with E-state index in [1.807, 2.05) is 0 Å². The second-order valence-electron chi connectivity index (χ2n) is 15.5. The van der Waals surface area contributed by atoms with Gasteiger partial charge in [0.1, 0.15) is 11.2 Å². The second kappa shape index (κ2) is 12.1. The van der Waals surface area contributed by atoms with Crippen LogP contribution in [0.5, 0.6) is 0 Å². The molecule has 0 radical (unpaired) electrons. The lowest BCUT2D eigenvalue weighted by atomic mass is 9.66. The van der Waals surface area contributed by atoms with Crippen LogP contribution < -0.4 is 0 Å². The molecule has 12 rings (SSSR count). The van der Waals surface area contributed by atoms with Crippen molar-refractivity contribution >= 4 is 54.3 Å². The summed E-state index contributed by atoms with van der Waals surface area (Å²) in [6.07, 6.45) is 9.66. The molecule has 2 aliphatic carbocycles. The van der Waals surface area contributed by atoms with Gasteiger partial charge in [-0.15, -0.1) is 0 Å². The van der Waals surface area contributed by atoms with E-state index in [2.05, 4.69) is 194 Å². The number of hydrogen-bond donors (Lipinski definition) is 0. The molecule has 1 unspecified atom stereocenters. The molecule has 2 aliphatic rings. The van der Waals surface area contributed by atoms with Crippen LogP contribution in [-0.4, -0.2) is 0 Å². The molecule has 0 saturated carbocycles. The lowest BCUT2D eigenvalue weighted by Gasteiger charge is -2.36. The molecule has 0 fully saturated rings. The Labute approximate surface area is 331 Å². The molecule has 266 valence electrons. The SMILES string of the molecule is C=C1/C=C\C=C/Cc2ccccc2C12c1ccccc1-c1ccc(-c3c4ccccc4c(-c4ccc5oc6c7ccccc7ccc6c5c4)c4ccccc34)cc12. The topological polar surface area (TPSA) is 13.1 Å². The first kappa shape index (κ1) is 32.1. The van der Waals surface area contributed by atoms with Crippen molar-refractivity contribution in [3.8, 4) is 33.4 Å². The van der Waals surface area contributed by atoms with Gasteiger partial charge in [-0.3, -0.25) is 0 Å². The van der Waals surface area contributed by atoms with Gasteiger partial charge < -0.3 is 4.42 Å². The number of furan rings is 1. The Morgan fingerprint density at radius 2 is 1.07 bits per heavy atom. The number of rotatable bonds is 2. The predicted molar refractivity (Wildman–Crippen MR) is 240 cm³/mol. The van der Waals surface area contributed by atoms with Gasteiger partial charge in [-0.1, -0.05) is 176 Å². The molecule has 0 saturated heterocycles. The smallest absolute Gasteiger partial charge is 0.143 e. The molecule has 1 atom stereocenters. The summed E-state index contributed by atoms with van der Waals surface area (Å²) in [7, 11) is 0. The Hall–Kier alpha value is -7.22. The number of fused-ring (bicyclic) bond motifs is 14. The molecule has 1 heterocycles. The Morgan fingerprint density at radius 1 is 0.456 bits per heavy atom. The molecule has 9 aromatic carbocycles. The molecule has 10 aromatic rings. The molecule has 1 spiro atoms. The Kier molecular flexibility index (Phi) is 6.83. The number of hydrogen-bond acceptors (Lipinski definition) is 1. The first-order chi connectivity index (χ1) is 28.2. The van der Waals surface area contributed by atoms with E-state index in [-0.39, 0.29) is 0 Å². The Morgan fingerprint density at radius 3 is 1.84 bits per heavy atom. The van der Waals surface area contributed by atoms with Gasteiger partial charge in [-0.25, -0.2) is 0 Å². The van der Waals surface area contributed by atoms with Crippen LogP contribution in [0.4, 0.5) is 0 Å². The fourth-order valence-electron chi connectivity index (χ4n) is 10.3. The molecule has 1 nitrogen and oxygen atoms in total. The molecule has 0 aliphatic heterocycles. The third-order valence-corrected chi connectivity index (χ3v) is 12.7. The summed E-state index contributed by atoms with van der Waals surface area (Å²) in [5.74, 6) is 0. The lowest BCUT2D eigenvalue weighted by molar-refractivity contribution is 0.672. The van der Waals surface area contributed by atoms with Gasteiger partial charge in [0.2, 0.25) is 0 Å². The van der Waals surface area contributed by atoms with E-state index in [1.54, 1.807) is 0 Å². The van der Waals surface area contributed by atoms with E-state index >= 15 is 0 Å². The third-order valence-electron chi connectivity index (χ3n) is 12.7. The maximum absolute atomic E-state index is 6.55. The molecular formula is C56H36O. The van der Waals surface area contributed by atoms with Crippen molar-refractivity contribution in [1.29, 1.82) is 0 Å². The zero-order valence-electron chi connectivity index (χ0n) is 31.3. The largest absolute Gasteiger partial charge is 0.455 e. The minimum atomic E-state index is -0.541. The first-order valence-corrected chi connectivity index (χ1v) is 19.8. The van der Waals surface area contributed by atoms with Crippen molar-refractivity contribution in [3.05, 3.63) is 229 Å². The summed E-state index contributed by atoms with van der Waals surface area (Å²) in [6, 6.07) is 62.7. The van der Waals surface area contributed by atoms with Crippen LogP contribution in [0.15, 0.2) is 211 Å². The highest BCUT2D eigenvalue weighted by Gasteiger charge is 2.47. The summed E-state index contributed by atoms with van der Waals surface area (Å²) in [5, 5.41) is 9.53. The van der Waals surface area contributed by atoms with Gasteiger partial charge in [0.25, 0.3) is 0 Å². The molecule has 1 aromatic heterocycles. The Balaban J connectivity index is 1.13. The second-order valence-corrected chi connectivity index (χ2v) is 15.5. The summed E-state index contributed by atoms with van der Waals surface area (Å²) in [5.41, 5.74) is 15.0. The van der Waals surface area contributed by atoms with Crippen LogP contribution in [0, 0.1) is 0 Å². The summed E-state index contributed by atoms with van der Waals surface area (Å²) in [4.78, 5) is 0. The number of benzene rings is 9. The van der Waals surface area contributed by atoms with Crippen LogP contribution in [0.1, 0.15) is 22.3 Å². The van der Waals surface area contributed by atoms with Gasteiger partial charge in [0.05, 0.1) is 5.41 Å². The molecule has 0 bridgehead atoms. The Bertz CT molecular complexity index is 3350. The molecule has 1 heteroatoms. The van der Waals surface area contributed by atoms with Crippen molar-refractivity contribution in [2.45, 2.75) is 11.8 Å². The predicted octanol–water partition coefficient (Wildman–Crippen LogP) is 14.9. The maximum Gasteiger partial charge on any atom is 0.143 e. The minimum Gasteiger partial charge on any atom is -0.455 e. The van der Waals surface area contributed by atoms with Crippen molar-refractivity contribution < 1.29 is 4.42 Å². The third kappa shape index (κ3) is 4.46. The molecule has 57 heavy (non-hydrogen) atoms. The highest BCUT2D eigenvalue weighted by Crippen LogP contribution is 2.58. The van der Waals surface area contributed by atoms with Crippen molar-refractivity contribution in [3.63, 3.8) is 0 Å². The zero-order valence-corrected chi connectivity index (χ0v) is 31.3. The molecule has 0 amide bonds. The average Bonchev–Trinajstić information content (AvgIpc) is 3.80. The minimum absolute atomic E-state index is 0.541. The molecule has 0 N–H and O–H groups in total. The van der Waals surface area contributed by atoms with Crippen molar-refractivity contribution in [1.82, 2.24) is 0 Å². The first-order valence-electron chi connectivity index (χ1n) is 19.8. The molecular weight excluding hydrogens is 689 g/mol. The average molecular weight is 725 g/mol. The van der Waals surface area contributed by atoms with E-state index in [1.165, 1.54) is 82.6 Å². The summed E-state index contributed by atoms with van der Waals surface area (Å²) >= 11 is 0. The van der Waals surface area contributed by atoms with E-state index < -0.39 is 5.41 Å². The van der Waals surface area contributed by atoms with Crippen LogP contribution in [0.3, 0.4) is 0 Å². The van der Waals surface area contributed by atoms with E-state index in [0.717, 1.165) is 39.3 Å². The van der Waals surface area contributed by atoms with E-state index in [4.69, 9.17) is 11.0 Å². The van der Waals surface area contributed by atoms with Crippen molar-refractivity contribution in [2.75, 3.05) is 0 Å². The fraction of sp³-hybridized carbons (Fsp3) is 0.0357. The fourth-order valence-corrected chi connectivity index (χ4v) is 10.3. The maximum atomic E-state index is 6.55. The standard InChI is InChI=1S/C56H36O/c1-35-15-3-2-4-17-37-18-6-13-25-49(37)56(35)50-26-14-12-20-41(50)42-30-28-39(34-51(42)56)54-45-23-10-8-21-43(45)53(44-22-9-11-24-46(44)54)38-29-32-52-48(33-38)47-31-27-36-16-5-7-19-40(36)55(47)57-52/h2-16,18-34H,1,17H2/b4-2-,15-3-. The van der Waals surface area contributed by atoms with Gasteiger partial charge >= 0.3 is 0 Å². The highest BCUT2D eigenvalue weighted by atomic mass is 16.3. The van der Waals surface area contributed by atoms with Crippen LogP contribution in [-0.2, 0) is 11.8 Å². The summed E-state index contributed by atoms with van der Waals surface area (Å²) in [6.45, 7) is 4.86.